The zero-order valence-corrected chi connectivity index (χ0v) is 6.80. The molecular formula is C8H7ClNO-. The predicted molar refractivity (Wildman–Crippen MR) is 43.9 cm³/mol. The summed E-state index contributed by atoms with van der Waals surface area (Å²) in [4.78, 5) is 3.50. The third-order valence-corrected chi connectivity index (χ3v) is 1.51. The Bertz CT molecular complexity index is 283. The number of benzene rings is 1. The molecule has 0 amide bonds. The Hall–Kier alpha value is -1.02. The van der Waals surface area contributed by atoms with Crippen LogP contribution in [0.1, 0.15) is 5.56 Å². The zero-order valence-electron chi connectivity index (χ0n) is 6.04. The van der Waals surface area contributed by atoms with Gasteiger partial charge in [-0.05, 0) is 23.6 Å². The first-order valence-corrected chi connectivity index (χ1v) is 3.51. The van der Waals surface area contributed by atoms with Crippen molar-refractivity contribution in [2.24, 2.45) is 4.99 Å². The van der Waals surface area contributed by atoms with Gasteiger partial charge in [-0.2, -0.15) is 0 Å². The van der Waals surface area contributed by atoms with E-state index in [0.717, 1.165) is 0 Å². The van der Waals surface area contributed by atoms with Gasteiger partial charge in [-0.15, -0.1) is 0 Å². The Balaban J connectivity index is 3.06. The van der Waals surface area contributed by atoms with Gasteiger partial charge in [0.2, 0.25) is 0 Å². The Morgan fingerprint density at radius 1 is 1.55 bits per heavy atom. The van der Waals surface area contributed by atoms with Crippen LogP contribution in [-0.4, -0.2) is 12.9 Å². The van der Waals surface area contributed by atoms with Crippen molar-refractivity contribution in [2.45, 2.75) is 0 Å². The molecule has 0 aliphatic heterocycles. The van der Waals surface area contributed by atoms with Crippen molar-refractivity contribution in [3.05, 3.63) is 34.9 Å². The van der Waals surface area contributed by atoms with E-state index in [1.165, 1.54) is 7.05 Å². The lowest BCUT2D eigenvalue weighted by atomic mass is 10.2. The molecule has 2 nitrogen and oxygen atoms in total. The average molecular weight is 169 g/mol. The summed E-state index contributed by atoms with van der Waals surface area (Å²) in [6, 6.07) is 6.72. The summed E-state index contributed by atoms with van der Waals surface area (Å²) in [5.41, 5.74) is 0.528. The van der Waals surface area contributed by atoms with Crippen molar-refractivity contribution in [3.8, 4) is 0 Å². The SMILES string of the molecule is CN=C([O-])c1cccc(Cl)c1. The lowest BCUT2D eigenvalue weighted by molar-refractivity contribution is -0.213. The Morgan fingerprint density at radius 2 is 2.27 bits per heavy atom. The fourth-order valence-electron chi connectivity index (χ4n) is 0.751. The van der Waals surface area contributed by atoms with E-state index >= 15 is 0 Å². The quantitative estimate of drug-likeness (QED) is 0.457. The Labute approximate surface area is 70.2 Å². The van der Waals surface area contributed by atoms with Gasteiger partial charge in [0.05, 0.1) is 0 Å². The molecule has 0 aliphatic carbocycles. The molecule has 0 aliphatic rings. The summed E-state index contributed by atoms with van der Waals surface area (Å²) in [7, 11) is 1.46. The van der Waals surface area contributed by atoms with Crippen molar-refractivity contribution in [1.82, 2.24) is 0 Å². The van der Waals surface area contributed by atoms with E-state index in [1.807, 2.05) is 0 Å². The minimum Gasteiger partial charge on any atom is -0.859 e. The summed E-state index contributed by atoms with van der Waals surface area (Å²) < 4.78 is 0. The fourth-order valence-corrected chi connectivity index (χ4v) is 0.941. The van der Waals surface area contributed by atoms with E-state index in [1.54, 1.807) is 24.3 Å². The highest BCUT2D eigenvalue weighted by molar-refractivity contribution is 6.30. The van der Waals surface area contributed by atoms with Crippen molar-refractivity contribution in [1.29, 1.82) is 0 Å². The van der Waals surface area contributed by atoms with E-state index < -0.39 is 0 Å². The smallest absolute Gasteiger partial charge is 0.0412 e. The molecule has 0 unspecified atom stereocenters. The van der Waals surface area contributed by atoms with Gasteiger partial charge in [0, 0.05) is 12.1 Å². The molecule has 0 heterocycles. The lowest BCUT2D eigenvalue weighted by Gasteiger charge is -2.08. The van der Waals surface area contributed by atoms with Crippen LogP contribution in [-0.2, 0) is 0 Å². The average Bonchev–Trinajstić information content (AvgIpc) is 2.03. The number of aliphatic imine (C=N–C) groups is 1. The summed E-state index contributed by atoms with van der Waals surface area (Å²) in [6.07, 6.45) is 0. The second-order valence-corrected chi connectivity index (χ2v) is 2.48. The minimum absolute atomic E-state index is 0.243. The first-order chi connectivity index (χ1) is 5.24. The van der Waals surface area contributed by atoms with E-state index in [4.69, 9.17) is 11.6 Å². The van der Waals surface area contributed by atoms with Crippen LogP contribution in [0.3, 0.4) is 0 Å². The number of rotatable bonds is 1. The lowest BCUT2D eigenvalue weighted by Crippen LogP contribution is -2.18. The van der Waals surface area contributed by atoms with Gasteiger partial charge >= 0.3 is 0 Å². The number of nitrogens with zero attached hydrogens (tertiary/aromatic N) is 1. The largest absolute Gasteiger partial charge is 0.859 e. The van der Waals surface area contributed by atoms with Crippen molar-refractivity contribution >= 4 is 17.5 Å². The highest BCUT2D eigenvalue weighted by Gasteiger charge is 1.90. The van der Waals surface area contributed by atoms with Crippen LogP contribution in [0.2, 0.25) is 5.02 Å². The van der Waals surface area contributed by atoms with Gasteiger partial charge in [0.25, 0.3) is 0 Å². The molecule has 0 radical (unpaired) electrons. The zero-order chi connectivity index (χ0) is 8.27. The molecule has 58 valence electrons. The van der Waals surface area contributed by atoms with Crippen LogP contribution >= 0.6 is 11.6 Å². The normalized spacial score (nSPS) is 11.6. The molecule has 1 rings (SSSR count). The van der Waals surface area contributed by atoms with Crippen molar-refractivity contribution < 1.29 is 5.11 Å². The van der Waals surface area contributed by atoms with E-state index in [0.29, 0.717) is 10.6 Å². The van der Waals surface area contributed by atoms with Crippen molar-refractivity contribution in [2.75, 3.05) is 7.05 Å². The molecular weight excluding hydrogens is 162 g/mol. The Kier molecular flexibility index (Phi) is 2.49. The molecule has 0 spiro atoms. The van der Waals surface area contributed by atoms with Crippen LogP contribution in [0.4, 0.5) is 0 Å². The van der Waals surface area contributed by atoms with Crippen LogP contribution in [0.5, 0.6) is 0 Å². The van der Waals surface area contributed by atoms with E-state index in [2.05, 4.69) is 4.99 Å². The maximum absolute atomic E-state index is 10.9. The molecule has 3 heteroatoms. The topological polar surface area (TPSA) is 35.4 Å². The highest BCUT2D eigenvalue weighted by atomic mass is 35.5. The Morgan fingerprint density at radius 3 is 2.82 bits per heavy atom. The monoisotopic (exact) mass is 168 g/mol. The second-order valence-electron chi connectivity index (χ2n) is 2.04. The van der Waals surface area contributed by atoms with Gasteiger partial charge in [-0.3, -0.25) is 0 Å². The summed E-state index contributed by atoms with van der Waals surface area (Å²) in [5, 5.41) is 11.5. The molecule has 0 N–H and O–H groups in total. The van der Waals surface area contributed by atoms with Gasteiger partial charge < -0.3 is 10.1 Å². The third-order valence-electron chi connectivity index (χ3n) is 1.27. The van der Waals surface area contributed by atoms with Crippen molar-refractivity contribution in [3.63, 3.8) is 0 Å². The van der Waals surface area contributed by atoms with Crippen LogP contribution < -0.4 is 5.11 Å². The van der Waals surface area contributed by atoms with E-state index in [-0.39, 0.29) is 5.90 Å². The third kappa shape index (κ3) is 1.95. The second kappa shape index (κ2) is 3.39. The number of hydrogen-bond acceptors (Lipinski definition) is 2. The van der Waals surface area contributed by atoms with Gasteiger partial charge in [-0.25, -0.2) is 0 Å². The summed E-state index contributed by atoms with van der Waals surface area (Å²) >= 11 is 5.65. The number of hydrogen-bond donors (Lipinski definition) is 0. The molecule has 11 heavy (non-hydrogen) atoms. The standard InChI is InChI=1S/C8H8ClNO/c1-10-8(11)6-3-2-4-7(9)5-6/h2-5H,1H3,(H,10,11)/p-1. The van der Waals surface area contributed by atoms with Gasteiger partial charge in [0.1, 0.15) is 0 Å². The maximum Gasteiger partial charge on any atom is 0.0412 e. The molecule has 0 atom stereocenters. The van der Waals surface area contributed by atoms with Crippen LogP contribution in [0.25, 0.3) is 0 Å². The maximum atomic E-state index is 10.9. The van der Waals surface area contributed by atoms with Crippen LogP contribution in [0.15, 0.2) is 29.3 Å². The van der Waals surface area contributed by atoms with Gasteiger partial charge in [-0.1, -0.05) is 23.7 Å². The first-order valence-electron chi connectivity index (χ1n) is 3.14. The predicted octanol–water partition coefficient (Wildman–Crippen LogP) is 1.08. The molecule has 0 fully saturated rings. The highest BCUT2D eigenvalue weighted by Crippen LogP contribution is 2.09. The van der Waals surface area contributed by atoms with E-state index in [9.17, 15) is 5.11 Å². The molecule has 0 saturated heterocycles. The molecule has 0 bridgehead atoms. The van der Waals surface area contributed by atoms with Crippen LogP contribution in [0, 0.1) is 0 Å². The first kappa shape index (κ1) is 8.08. The summed E-state index contributed by atoms with van der Waals surface area (Å²) in [6.45, 7) is 0. The fraction of sp³-hybridized carbons (Fsp3) is 0.125. The molecule has 0 saturated carbocycles. The molecule has 1 aromatic carbocycles. The number of halogens is 1. The van der Waals surface area contributed by atoms with Gasteiger partial charge in [0.15, 0.2) is 0 Å². The summed E-state index contributed by atoms with van der Waals surface area (Å²) in [5.74, 6) is -0.243. The molecule has 0 aromatic heterocycles. The molecule has 1 aromatic rings. The minimum atomic E-state index is -0.243.